The minimum Gasteiger partial charge on any atom is -0.481 e. The van der Waals surface area contributed by atoms with Crippen LogP contribution in [0.5, 0.6) is 5.75 Å². The normalized spacial score (nSPS) is 14.9. The average Bonchev–Trinajstić information content (AvgIpc) is 2.85. The highest BCUT2D eigenvalue weighted by molar-refractivity contribution is 6.30. The minimum absolute atomic E-state index is 0.0846. The lowest BCUT2D eigenvalue weighted by molar-refractivity contribution is -0.122. The molecular weight excluding hydrogens is 450 g/mol. The lowest BCUT2D eigenvalue weighted by Crippen LogP contribution is -2.48. The van der Waals surface area contributed by atoms with Gasteiger partial charge in [0.2, 0.25) is 0 Å². The van der Waals surface area contributed by atoms with Gasteiger partial charge in [-0.25, -0.2) is 0 Å². The van der Waals surface area contributed by atoms with Crippen molar-refractivity contribution in [3.63, 3.8) is 0 Å². The summed E-state index contributed by atoms with van der Waals surface area (Å²) in [6, 6.07) is 24.3. The number of carbonyl (C=O) groups excluding carboxylic acids is 2. The molecule has 1 atom stereocenters. The lowest BCUT2D eigenvalue weighted by atomic mass is 10.1. The van der Waals surface area contributed by atoms with Crippen LogP contribution in [-0.4, -0.2) is 53.9 Å². The highest BCUT2D eigenvalue weighted by Gasteiger charge is 2.25. The number of piperazine rings is 1. The summed E-state index contributed by atoms with van der Waals surface area (Å²) in [5.74, 6) is 0.0828. The molecule has 3 aromatic carbocycles. The molecule has 1 aliphatic heterocycles. The van der Waals surface area contributed by atoms with Gasteiger partial charge < -0.3 is 15.0 Å². The summed E-state index contributed by atoms with van der Waals surface area (Å²) in [6.07, 6.45) is -0.761. The van der Waals surface area contributed by atoms with Gasteiger partial charge in [-0.15, -0.1) is 0 Å². The summed E-state index contributed by atoms with van der Waals surface area (Å²) in [7, 11) is 0. The summed E-state index contributed by atoms with van der Waals surface area (Å²) in [5.41, 5.74) is 2.22. The van der Waals surface area contributed by atoms with Gasteiger partial charge in [0.15, 0.2) is 6.10 Å². The molecular formula is C27H28ClN3O3. The molecule has 1 N–H and O–H groups in total. The molecule has 6 nitrogen and oxygen atoms in total. The molecule has 0 bridgehead atoms. The Morgan fingerprint density at radius 1 is 0.941 bits per heavy atom. The van der Waals surface area contributed by atoms with Gasteiger partial charge in [0.05, 0.1) is 11.3 Å². The van der Waals surface area contributed by atoms with E-state index in [-0.39, 0.29) is 11.8 Å². The molecule has 0 spiro atoms. The monoisotopic (exact) mass is 477 g/mol. The van der Waals surface area contributed by atoms with Crippen molar-refractivity contribution >= 4 is 29.1 Å². The Balaban J connectivity index is 1.36. The maximum atomic E-state index is 13.3. The van der Waals surface area contributed by atoms with E-state index in [4.69, 9.17) is 16.3 Å². The maximum Gasteiger partial charge on any atom is 0.265 e. The van der Waals surface area contributed by atoms with Crippen molar-refractivity contribution in [1.82, 2.24) is 9.80 Å². The number of ether oxygens (including phenoxy) is 1. The molecule has 1 aliphatic rings. The van der Waals surface area contributed by atoms with Crippen molar-refractivity contribution in [2.24, 2.45) is 0 Å². The molecule has 0 unspecified atom stereocenters. The Morgan fingerprint density at radius 3 is 2.38 bits per heavy atom. The zero-order valence-electron chi connectivity index (χ0n) is 19.1. The topological polar surface area (TPSA) is 61.9 Å². The number of para-hydroxylation sites is 1. The van der Waals surface area contributed by atoms with Gasteiger partial charge in [0.1, 0.15) is 5.75 Å². The fraction of sp³-hybridized carbons (Fsp3) is 0.259. The van der Waals surface area contributed by atoms with Crippen LogP contribution in [0.3, 0.4) is 0 Å². The number of carbonyl (C=O) groups is 2. The maximum absolute atomic E-state index is 13.3. The second-order valence-electron chi connectivity index (χ2n) is 8.31. The highest BCUT2D eigenvalue weighted by atomic mass is 35.5. The third kappa shape index (κ3) is 6.16. The lowest BCUT2D eigenvalue weighted by Gasteiger charge is -2.35. The number of rotatable bonds is 7. The predicted molar refractivity (Wildman–Crippen MR) is 134 cm³/mol. The molecule has 0 saturated carbocycles. The number of benzene rings is 3. The van der Waals surface area contributed by atoms with Gasteiger partial charge in [0, 0.05) is 37.7 Å². The molecule has 1 heterocycles. The molecule has 1 fully saturated rings. The largest absolute Gasteiger partial charge is 0.481 e. The van der Waals surface area contributed by atoms with Crippen LogP contribution in [0.15, 0.2) is 78.9 Å². The van der Waals surface area contributed by atoms with E-state index in [9.17, 15) is 9.59 Å². The number of hydrogen-bond donors (Lipinski definition) is 1. The van der Waals surface area contributed by atoms with Crippen LogP contribution in [0.25, 0.3) is 0 Å². The summed E-state index contributed by atoms with van der Waals surface area (Å²) < 4.78 is 5.71. The van der Waals surface area contributed by atoms with E-state index in [1.807, 2.05) is 23.1 Å². The molecule has 3 aromatic rings. The van der Waals surface area contributed by atoms with E-state index in [0.717, 1.165) is 19.6 Å². The fourth-order valence-electron chi connectivity index (χ4n) is 3.93. The van der Waals surface area contributed by atoms with E-state index < -0.39 is 6.10 Å². The van der Waals surface area contributed by atoms with Crippen molar-refractivity contribution in [2.75, 3.05) is 31.5 Å². The van der Waals surface area contributed by atoms with Crippen LogP contribution in [0.1, 0.15) is 22.8 Å². The van der Waals surface area contributed by atoms with Crippen molar-refractivity contribution in [3.05, 3.63) is 95.0 Å². The van der Waals surface area contributed by atoms with Gasteiger partial charge in [-0.3, -0.25) is 14.5 Å². The highest BCUT2D eigenvalue weighted by Crippen LogP contribution is 2.21. The van der Waals surface area contributed by atoms with Gasteiger partial charge in [0.25, 0.3) is 11.8 Å². The summed E-state index contributed by atoms with van der Waals surface area (Å²) in [6.45, 7) is 5.43. The predicted octanol–water partition coefficient (Wildman–Crippen LogP) is 4.70. The molecule has 4 rings (SSSR count). The Bertz CT molecular complexity index is 1130. The quantitative estimate of drug-likeness (QED) is 0.535. The van der Waals surface area contributed by atoms with Crippen molar-refractivity contribution in [1.29, 1.82) is 0 Å². The third-order valence-corrected chi connectivity index (χ3v) is 6.04. The summed E-state index contributed by atoms with van der Waals surface area (Å²) >= 11 is 5.99. The molecule has 1 saturated heterocycles. The van der Waals surface area contributed by atoms with Crippen LogP contribution in [0.2, 0.25) is 5.02 Å². The SMILES string of the molecule is C[C@@H](Oc1cccc(Cl)c1)C(=O)Nc1ccccc1C(=O)N1CCN(Cc2ccccc2)CC1. The number of nitrogens with zero attached hydrogens (tertiary/aromatic N) is 2. The molecule has 0 radical (unpaired) electrons. The Hall–Kier alpha value is -3.35. The molecule has 34 heavy (non-hydrogen) atoms. The number of hydrogen-bond acceptors (Lipinski definition) is 4. The van der Waals surface area contributed by atoms with Crippen LogP contribution in [0.4, 0.5) is 5.69 Å². The summed E-state index contributed by atoms with van der Waals surface area (Å²) in [5, 5.41) is 3.38. The van der Waals surface area contributed by atoms with Crippen LogP contribution in [0, 0.1) is 0 Å². The van der Waals surface area contributed by atoms with Crippen molar-refractivity contribution < 1.29 is 14.3 Å². The first-order chi connectivity index (χ1) is 16.5. The van der Waals surface area contributed by atoms with E-state index in [0.29, 0.717) is 35.1 Å². The van der Waals surface area contributed by atoms with Gasteiger partial charge >= 0.3 is 0 Å². The first-order valence-corrected chi connectivity index (χ1v) is 11.7. The molecule has 2 amide bonds. The van der Waals surface area contributed by atoms with E-state index in [1.54, 1.807) is 55.5 Å². The minimum atomic E-state index is -0.761. The fourth-order valence-corrected chi connectivity index (χ4v) is 4.11. The zero-order valence-corrected chi connectivity index (χ0v) is 19.9. The smallest absolute Gasteiger partial charge is 0.265 e. The molecule has 0 aromatic heterocycles. The van der Waals surface area contributed by atoms with E-state index in [1.165, 1.54) is 5.56 Å². The van der Waals surface area contributed by atoms with Crippen LogP contribution < -0.4 is 10.1 Å². The summed E-state index contributed by atoms with van der Waals surface area (Å²) in [4.78, 5) is 30.2. The second-order valence-corrected chi connectivity index (χ2v) is 8.74. The standard InChI is InChI=1S/C27H28ClN3O3/c1-20(34-23-11-7-10-22(28)18-23)26(32)29-25-13-6-5-12-24(25)27(33)31-16-14-30(15-17-31)19-21-8-3-2-4-9-21/h2-13,18,20H,14-17,19H2,1H3,(H,29,32)/t20-/m1/s1. The number of anilines is 1. The van der Waals surface area contributed by atoms with Crippen LogP contribution >= 0.6 is 11.6 Å². The van der Waals surface area contributed by atoms with Gasteiger partial charge in [-0.05, 0) is 42.8 Å². The van der Waals surface area contributed by atoms with E-state index in [2.05, 4.69) is 22.3 Å². The number of halogens is 1. The number of nitrogens with one attached hydrogen (secondary N) is 1. The van der Waals surface area contributed by atoms with Crippen LogP contribution in [-0.2, 0) is 11.3 Å². The Kier molecular flexibility index (Phi) is 7.83. The van der Waals surface area contributed by atoms with Gasteiger partial charge in [-0.2, -0.15) is 0 Å². The number of amides is 2. The molecule has 176 valence electrons. The first-order valence-electron chi connectivity index (χ1n) is 11.4. The average molecular weight is 478 g/mol. The Labute approximate surface area is 205 Å². The van der Waals surface area contributed by atoms with Crippen molar-refractivity contribution in [3.8, 4) is 5.75 Å². The van der Waals surface area contributed by atoms with E-state index >= 15 is 0 Å². The zero-order chi connectivity index (χ0) is 23.9. The van der Waals surface area contributed by atoms with Crippen molar-refractivity contribution in [2.45, 2.75) is 19.6 Å². The molecule has 7 heteroatoms. The second kappa shape index (κ2) is 11.2. The first kappa shape index (κ1) is 23.8. The molecule has 0 aliphatic carbocycles. The Morgan fingerprint density at radius 2 is 1.65 bits per heavy atom. The van der Waals surface area contributed by atoms with Gasteiger partial charge in [-0.1, -0.05) is 60.1 Å². The third-order valence-electron chi connectivity index (χ3n) is 5.80.